The molecule has 1 aliphatic rings. The van der Waals surface area contributed by atoms with Crippen LogP contribution in [0.15, 0.2) is 57.5 Å². The van der Waals surface area contributed by atoms with Crippen LogP contribution in [-0.2, 0) is 26.1 Å². The summed E-state index contributed by atoms with van der Waals surface area (Å²) in [6.45, 7) is 11.0. The minimum Gasteiger partial charge on any atom is -0.488 e. The number of rotatable bonds is 10. The largest absolute Gasteiger partial charge is 0.488 e. The molecule has 8 nitrogen and oxygen atoms in total. The van der Waals surface area contributed by atoms with Gasteiger partial charge in [-0.15, -0.1) is 0 Å². The van der Waals surface area contributed by atoms with E-state index in [1.54, 1.807) is 6.07 Å². The number of ether oxygens (including phenoxy) is 1. The summed E-state index contributed by atoms with van der Waals surface area (Å²) in [5.74, 6) is 2.67. The van der Waals surface area contributed by atoms with Crippen molar-refractivity contribution in [3.63, 3.8) is 0 Å². The average molecular weight is 524 g/mol. The smallest absolute Gasteiger partial charge is 0.203 e. The van der Waals surface area contributed by atoms with Crippen molar-refractivity contribution in [1.82, 2.24) is 15.0 Å². The van der Waals surface area contributed by atoms with E-state index < -0.39 is 0 Å². The van der Waals surface area contributed by atoms with Gasteiger partial charge in [-0.25, -0.2) is 4.85 Å². The summed E-state index contributed by atoms with van der Waals surface area (Å²) in [6, 6.07) is 17.3. The highest BCUT2D eigenvalue weighted by Gasteiger charge is 2.22. The molecular weight excluding hydrogens is 490 g/mol. The Hall–Kier alpha value is -4.11. The Labute approximate surface area is 229 Å². The molecule has 0 radical (unpaired) electrons. The van der Waals surface area contributed by atoms with Crippen molar-refractivity contribution in [2.75, 3.05) is 27.2 Å². The summed E-state index contributed by atoms with van der Waals surface area (Å²) in [4.78, 5) is 7.95. The number of likely N-dealkylation sites (tertiary alicyclic amines) is 1. The van der Waals surface area contributed by atoms with Crippen LogP contribution >= 0.6 is 0 Å². The molecule has 8 heteroatoms. The fourth-order valence-electron chi connectivity index (χ4n) is 5.22. The number of nitrogens with zero attached hydrogens (tertiary/aromatic N) is 5. The van der Waals surface area contributed by atoms with Crippen LogP contribution in [0.2, 0.25) is 0 Å². The van der Waals surface area contributed by atoms with Gasteiger partial charge in [0.25, 0.3) is 0 Å². The number of piperidine rings is 1. The van der Waals surface area contributed by atoms with Gasteiger partial charge in [-0.3, -0.25) is 4.90 Å². The van der Waals surface area contributed by atoms with Crippen molar-refractivity contribution in [3.05, 3.63) is 88.3 Å². The molecule has 0 spiro atoms. The summed E-state index contributed by atoms with van der Waals surface area (Å²) in [5, 5.41) is 14.5. The SMILES string of the molecule is [C-]#[N+]c1ccc(COc2ccc3c(CCC4CCN(Cc5ccc(C#N)o5)CC4)noc3c2CN(C)C)cc1. The molecule has 0 bridgehead atoms. The molecule has 2 aromatic carbocycles. The predicted molar refractivity (Wildman–Crippen MR) is 148 cm³/mol. The minimum atomic E-state index is 0.374. The number of hydrogen-bond acceptors (Lipinski definition) is 7. The first kappa shape index (κ1) is 26.5. The molecule has 3 heterocycles. The number of aryl methyl sites for hydroxylation is 1. The summed E-state index contributed by atoms with van der Waals surface area (Å²) >= 11 is 0. The van der Waals surface area contributed by atoms with Crippen molar-refractivity contribution >= 4 is 16.7 Å². The van der Waals surface area contributed by atoms with Crippen LogP contribution in [0.25, 0.3) is 15.8 Å². The molecule has 0 aliphatic carbocycles. The fourth-order valence-corrected chi connectivity index (χ4v) is 5.22. The number of benzene rings is 2. The third-order valence-electron chi connectivity index (χ3n) is 7.36. The molecule has 39 heavy (non-hydrogen) atoms. The number of fused-ring (bicyclic) bond motifs is 1. The van der Waals surface area contributed by atoms with Gasteiger partial charge in [-0.2, -0.15) is 5.26 Å². The number of nitriles is 1. The first-order valence-electron chi connectivity index (χ1n) is 13.4. The van der Waals surface area contributed by atoms with E-state index in [1.807, 2.05) is 50.5 Å². The second-order valence-corrected chi connectivity index (χ2v) is 10.5. The van der Waals surface area contributed by atoms with Crippen LogP contribution in [0.3, 0.4) is 0 Å². The van der Waals surface area contributed by atoms with Crippen LogP contribution in [0.4, 0.5) is 5.69 Å². The molecular formula is C31H33N5O3. The first-order valence-corrected chi connectivity index (χ1v) is 13.4. The minimum absolute atomic E-state index is 0.374. The van der Waals surface area contributed by atoms with Crippen molar-refractivity contribution in [2.24, 2.45) is 5.92 Å². The highest BCUT2D eigenvalue weighted by molar-refractivity contribution is 5.84. The molecule has 0 N–H and O–H groups in total. The molecule has 0 amide bonds. The molecule has 2 aromatic heterocycles. The van der Waals surface area contributed by atoms with Crippen molar-refractivity contribution in [2.45, 2.75) is 45.4 Å². The summed E-state index contributed by atoms with van der Waals surface area (Å²) < 4.78 is 17.7. The van der Waals surface area contributed by atoms with Crippen LogP contribution < -0.4 is 4.74 Å². The molecule has 1 saturated heterocycles. The van der Waals surface area contributed by atoms with Gasteiger partial charge in [0.05, 0.1) is 24.4 Å². The molecule has 1 aliphatic heterocycles. The highest BCUT2D eigenvalue weighted by Crippen LogP contribution is 2.33. The summed E-state index contributed by atoms with van der Waals surface area (Å²) in [6.07, 6.45) is 4.25. The number of aromatic nitrogens is 1. The normalized spacial score (nSPS) is 14.5. The Morgan fingerprint density at radius 1 is 1.13 bits per heavy atom. The van der Waals surface area contributed by atoms with Gasteiger partial charge in [0, 0.05) is 11.9 Å². The first-order chi connectivity index (χ1) is 19.0. The lowest BCUT2D eigenvalue weighted by atomic mass is 9.91. The fraction of sp³-hybridized carbons (Fsp3) is 0.387. The lowest BCUT2D eigenvalue weighted by Gasteiger charge is -2.31. The Bertz CT molecular complexity index is 1480. The van der Waals surface area contributed by atoms with Crippen molar-refractivity contribution < 1.29 is 13.7 Å². The quantitative estimate of drug-likeness (QED) is 0.225. The number of hydrogen-bond donors (Lipinski definition) is 0. The molecule has 5 rings (SSSR count). The van der Waals surface area contributed by atoms with Crippen LogP contribution in [-0.4, -0.2) is 42.1 Å². The zero-order chi connectivity index (χ0) is 27.2. The van der Waals surface area contributed by atoms with E-state index in [1.165, 1.54) is 0 Å². The van der Waals surface area contributed by atoms with Gasteiger partial charge >= 0.3 is 0 Å². The molecule has 0 unspecified atom stereocenters. The zero-order valence-electron chi connectivity index (χ0n) is 22.5. The Morgan fingerprint density at radius 2 is 1.92 bits per heavy atom. The average Bonchev–Trinajstić information content (AvgIpc) is 3.59. The topological polar surface area (TPSA) is 83.0 Å². The molecule has 0 atom stereocenters. The van der Waals surface area contributed by atoms with E-state index in [-0.39, 0.29) is 0 Å². The van der Waals surface area contributed by atoms with E-state index in [9.17, 15) is 0 Å². The van der Waals surface area contributed by atoms with Gasteiger partial charge < -0.3 is 18.6 Å². The molecule has 200 valence electrons. The van der Waals surface area contributed by atoms with E-state index in [4.69, 9.17) is 25.5 Å². The van der Waals surface area contributed by atoms with Crippen molar-refractivity contribution in [3.8, 4) is 11.8 Å². The highest BCUT2D eigenvalue weighted by atomic mass is 16.5. The summed E-state index contributed by atoms with van der Waals surface area (Å²) in [7, 11) is 4.06. The van der Waals surface area contributed by atoms with Crippen LogP contribution in [0.5, 0.6) is 5.75 Å². The van der Waals surface area contributed by atoms with Gasteiger partial charge in [0.15, 0.2) is 11.3 Å². The predicted octanol–water partition coefficient (Wildman–Crippen LogP) is 6.33. The van der Waals surface area contributed by atoms with Crippen LogP contribution in [0.1, 0.15) is 47.6 Å². The molecule has 4 aromatic rings. The maximum atomic E-state index is 8.96. The monoisotopic (exact) mass is 523 g/mol. The maximum Gasteiger partial charge on any atom is 0.203 e. The zero-order valence-corrected chi connectivity index (χ0v) is 22.5. The van der Waals surface area contributed by atoms with Gasteiger partial charge in [0.2, 0.25) is 5.76 Å². The third kappa shape index (κ3) is 6.49. The number of furan rings is 1. The second kappa shape index (κ2) is 12.2. The molecule has 0 saturated carbocycles. The lowest BCUT2D eigenvalue weighted by Crippen LogP contribution is -2.33. The third-order valence-corrected chi connectivity index (χ3v) is 7.36. The van der Waals surface area contributed by atoms with Gasteiger partial charge in [0.1, 0.15) is 24.2 Å². The lowest BCUT2D eigenvalue weighted by molar-refractivity contribution is 0.162. The second-order valence-electron chi connectivity index (χ2n) is 10.5. The standard InChI is InChI=1S/C31H33N5O3/c1-33-24-7-4-23(5-8-24)21-37-30-13-11-27-29(34-39-31(27)28(30)20-35(2)3)12-6-22-14-16-36(17-15-22)19-26-10-9-25(18-32)38-26/h4-5,7-11,13,22H,6,12,14-17,19-21H2,2-3H3. The van der Waals surface area contributed by atoms with E-state index in [2.05, 4.69) is 31.9 Å². The van der Waals surface area contributed by atoms with E-state index in [0.29, 0.717) is 30.5 Å². The van der Waals surface area contributed by atoms with Gasteiger partial charge in [-0.05, 0) is 88.6 Å². The summed E-state index contributed by atoms with van der Waals surface area (Å²) in [5.41, 5.74) is 4.44. The van der Waals surface area contributed by atoms with Gasteiger partial charge in [-0.1, -0.05) is 29.4 Å². The Kier molecular flexibility index (Phi) is 8.27. The Balaban J connectivity index is 1.20. The van der Waals surface area contributed by atoms with Crippen molar-refractivity contribution in [1.29, 1.82) is 5.26 Å². The molecule has 1 fully saturated rings. The Morgan fingerprint density at radius 3 is 2.62 bits per heavy atom. The van der Waals surface area contributed by atoms with E-state index in [0.717, 1.165) is 84.6 Å². The van der Waals surface area contributed by atoms with Crippen LogP contribution in [0, 0.1) is 23.8 Å². The maximum absolute atomic E-state index is 8.96. The van der Waals surface area contributed by atoms with E-state index >= 15 is 0 Å².